The Labute approximate surface area is 182 Å². The fourth-order valence-electron chi connectivity index (χ4n) is 4.69. The summed E-state index contributed by atoms with van der Waals surface area (Å²) in [6.45, 7) is 11.1. The van der Waals surface area contributed by atoms with Crippen LogP contribution in [0.15, 0.2) is 11.1 Å². The van der Waals surface area contributed by atoms with E-state index in [0.29, 0.717) is 5.78 Å². The van der Waals surface area contributed by atoms with Crippen molar-refractivity contribution in [1.29, 1.82) is 0 Å². The van der Waals surface area contributed by atoms with E-state index in [1.54, 1.807) is 0 Å². The summed E-state index contributed by atoms with van der Waals surface area (Å²) in [7, 11) is 1.82. The van der Waals surface area contributed by atoms with Gasteiger partial charge >= 0.3 is 0 Å². The molecule has 1 rings (SSSR count). The van der Waals surface area contributed by atoms with Gasteiger partial charge in [-0.3, -0.25) is 4.79 Å². The fraction of sp³-hybridized carbons (Fsp3) is 0.889. The second kappa shape index (κ2) is 13.6. The number of hydrogen-bond acceptors (Lipinski definition) is 2. The van der Waals surface area contributed by atoms with Gasteiger partial charge < -0.3 is 4.74 Å². The van der Waals surface area contributed by atoms with Crippen molar-refractivity contribution in [3.8, 4) is 0 Å². The number of hydrogen-bond donors (Lipinski definition) is 0. The molecule has 0 aromatic rings. The lowest BCUT2D eigenvalue weighted by molar-refractivity contribution is -0.116. The Bertz CT molecular complexity index is 499. The van der Waals surface area contributed by atoms with E-state index in [-0.39, 0.29) is 11.0 Å². The molecule has 1 aliphatic rings. The molecule has 2 heteroatoms. The van der Waals surface area contributed by atoms with Gasteiger partial charge in [-0.15, -0.1) is 0 Å². The van der Waals surface area contributed by atoms with Crippen LogP contribution in [-0.4, -0.2) is 18.5 Å². The molecule has 0 fully saturated rings. The molecule has 0 aromatic heterocycles. The van der Waals surface area contributed by atoms with Crippen molar-refractivity contribution in [3.63, 3.8) is 0 Å². The van der Waals surface area contributed by atoms with E-state index in [1.165, 1.54) is 89.0 Å². The second-order valence-corrected chi connectivity index (χ2v) is 10.6. The van der Waals surface area contributed by atoms with Crippen LogP contribution in [0.1, 0.15) is 137 Å². The van der Waals surface area contributed by atoms with Gasteiger partial charge in [-0.2, -0.15) is 0 Å². The van der Waals surface area contributed by atoms with Gasteiger partial charge in [0, 0.05) is 13.5 Å². The fourth-order valence-corrected chi connectivity index (χ4v) is 4.69. The van der Waals surface area contributed by atoms with Crippen molar-refractivity contribution in [3.05, 3.63) is 11.1 Å². The number of ether oxygens (including phenoxy) is 1. The number of Topliss-reactive ketones (excluding diaryl/α,β-unsaturated/α-hetero) is 1. The number of rotatable bonds is 16. The third kappa shape index (κ3) is 10.8. The largest absolute Gasteiger partial charge is 0.379 e. The zero-order valence-electron chi connectivity index (χ0n) is 20.6. The first-order valence-electron chi connectivity index (χ1n) is 12.5. The number of carbonyl (C=O) groups is 1. The highest BCUT2D eigenvalue weighted by Gasteiger charge is 2.31. The smallest absolute Gasteiger partial charge is 0.158 e. The van der Waals surface area contributed by atoms with Crippen molar-refractivity contribution < 1.29 is 9.53 Å². The summed E-state index contributed by atoms with van der Waals surface area (Å²) < 4.78 is 5.48. The van der Waals surface area contributed by atoms with E-state index in [9.17, 15) is 4.79 Å². The molecule has 170 valence electrons. The van der Waals surface area contributed by atoms with E-state index >= 15 is 0 Å². The van der Waals surface area contributed by atoms with Crippen LogP contribution < -0.4 is 0 Å². The summed E-state index contributed by atoms with van der Waals surface area (Å²) >= 11 is 0. The van der Waals surface area contributed by atoms with Crippen molar-refractivity contribution in [2.45, 2.75) is 143 Å². The molecule has 0 radical (unpaired) electrons. The van der Waals surface area contributed by atoms with Crippen LogP contribution in [0.5, 0.6) is 0 Å². The Morgan fingerprint density at radius 2 is 1.28 bits per heavy atom. The predicted octanol–water partition coefficient (Wildman–Crippen LogP) is 8.58. The Morgan fingerprint density at radius 3 is 1.76 bits per heavy atom. The molecule has 0 saturated carbocycles. The lowest BCUT2D eigenvalue weighted by Crippen LogP contribution is -2.25. The molecular formula is C27H50O2. The lowest BCUT2D eigenvalue weighted by atomic mass is 9.70. The third-order valence-electron chi connectivity index (χ3n) is 7.17. The van der Waals surface area contributed by atoms with Gasteiger partial charge in [-0.05, 0) is 57.4 Å². The molecule has 0 amide bonds. The highest BCUT2D eigenvalue weighted by atomic mass is 16.5. The minimum atomic E-state index is 0.0554. The molecule has 0 atom stereocenters. The molecule has 0 aromatic carbocycles. The lowest BCUT2D eigenvalue weighted by Gasteiger charge is -2.34. The maximum absolute atomic E-state index is 12.0. The van der Waals surface area contributed by atoms with E-state index in [0.717, 1.165) is 24.8 Å². The van der Waals surface area contributed by atoms with Crippen molar-refractivity contribution in [1.82, 2.24) is 0 Å². The second-order valence-electron chi connectivity index (χ2n) is 10.6. The Hall–Kier alpha value is -0.630. The molecule has 29 heavy (non-hydrogen) atoms. The van der Waals surface area contributed by atoms with E-state index in [2.05, 4.69) is 34.6 Å². The normalized spacial score (nSPS) is 17.2. The first-order valence-corrected chi connectivity index (χ1v) is 12.5. The Kier molecular flexibility index (Phi) is 12.4. The zero-order valence-corrected chi connectivity index (χ0v) is 20.6. The summed E-state index contributed by atoms with van der Waals surface area (Å²) in [5.74, 6) is 0.387. The van der Waals surface area contributed by atoms with Crippen LogP contribution in [-0.2, 0) is 9.53 Å². The monoisotopic (exact) mass is 406 g/mol. The third-order valence-corrected chi connectivity index (χ3v) is 7.17. The maximum Gasteiger partial charge on any atom is 0.158 e. The summed E-state index contributed by atoms with van der Waals surface area (Å²) in [5, 5.41) is 0. The summed E-state index contributed by atoms with van der Waals surface area (Å²) in [6, 6.07) is 0. The van der Waals surface area contributed by atoms with Gasteiger partial charge in [0.2, 0.25) is 0 Å². The molecule has 0 bridgehead atoms. The van der Waals surface area contributed by atoms with Crippen LogP contribution in [0.25, 0.3) is 0 Å². The number of carbonyl (C=O) groups excluding carboxylic acids is 1. The first-order chi connectivity index (χ1) is 13.7. The van der Waals surface area contributed by atoms with E-state index < -0.39 is 0 Å². The SMILES string of the molecule is COC(C)(C)CCCCCCCCCCCCCCC1=C(C)C(=O)CCC1(C)C. The standard InChI is InChI=1S/C27H50O2/c1-23-24(26(2,3)22-20-25(23)28)19-17-15-13-11-9-7-8-10-12-14-16-18-21-27(4,5)29-6/h7-22H2,1-6H3. The van der Waals surface area contributed by atoms with Crippen LogP contribution in [0.2, 0.25) is 0 Å². The highest BCUT2D eigenvalue weighted by molar-refractivity contribution is 5.96. The van der Waals surface area contributed by atoms with Gasteiger partial charge in [0.25, 0.3) is 0 Å². The molecule has 1 aliphatic carbocycles. The average Bonchev–Trinajstić information content (AvgIpc) is 2.67. The quantitative estimate of drug-likeness (QED) is 0.240. The van der Waals surface area contributed by atoms with Crippen molar-refractivity contribution in [2.24, 2.45) is 5.41 Å². The summed E-state index contributed by atoms with van der Waals surface area (Å²) in [5.41, 5.74) is 2.81. The molecule has 0 spiro atoms. The maximum atomic E-state index is 12.0. The molecule has 0 unspecified atom stereocenters. The van der Waals surface area contributed by atoms with Crippen LogP contribution in [0.3, 0.4) is 0 Å². The number of unbranched alkanes of at least 4 members (excludes halogenated alkanes) is 11. The van der Waals surface area contributed by atoms with Crippen LogP contribution in [0, 0.1) is 5.41 Å². The Morgan fingerprint density at radius 1 is 0.828 bits per heavy atom. The van der Waals surface area contributed by atoms with E-state index in [4.69, 9.17) is 4.74 Å². The van der Waals surface area contributed by atoms with Gasteiger partial charge in [-0.25, -0.2) is 0 Å². The Balaban J connectivity index is 1.94. The van der Waals surface area contributed by atoms with Crippen LogP contribution >= 0.6 is 0 Å². The first kappa shape index (κ1) is 26.4. The highest BCUT2D eigenvalue weighted by Crippen LogP contribution is 2.41. The predicted molar refractivity (Wildman–Crippen MR) is 126 cm³/mol. The number of methoxy groups -OCH3 is 1. The summed E-state index contributed by atoms with van der Waals surface area (Å²) in [4.78, 5) is 12.0. The minimum absolute atomic E-state index is 0.0554. The van der Waals surface area contributed by atoms with E-state index in [1.807, 2.05) is 7.11 Å². The molecule has 0 aliphatic heterocycles. The van der Waals surface area contributed by atoms with Gasteiger partial charge in [0.05, 0.1) is 5.60 Å². The molecule has 2 nitrogen and oxygen atoms in total. The molecular weight excluding hydrogens is 356 g/mol. The van der Waals surface area contributed by atoms with Crippen LogP contribution in [0.4, 0.5) is 0 Å². The average molecular weight is 407 g/mol. The molecule has 0 heterocycles. The van der Waals surface area contributed by atoms with Gasteiger partial charge in [0.1, 0.15) is 0 Å². The molecule has 0 saturated heterocycles. The van der Waals surface area contributed by atoms with Crippen molar-refractivity contribution >= 4 is 5.78 Å². The number of ketones is 1. The van der Waals surface area contributed by atoms with Gasteiger partial charge in [-0.1, -0.05) is 90.0 Å². The molecule has 0 N–H and O–H groups in total. The summed E-state index contributed by atoms with van der Waals surface area (Å²) in [6.07, 6.45) is 20.4. The van der Waals surface area contributed by atoms with Crippen molar-refractivity contribution in [2.75, 3.05) is 7.11 Å². The minimum Gasteiger partial charge on any atom is -0.379 e. The number of allylic oxidation sites excluding steroid dienone is 2. The van der Waals surface area contributed by atoms with Gasteiger partial charge in [0.15, 0.2) is 5.78 Å². The zero-order chi connectivity index (χ0) is 21.8. The topological polar surface area (TPSA) is 26.3 Å².